The Morgan fingerprint density at radius 2 is 1.75 bits per heavy atom. The standard InChI is InChI=1S/C21H21ClN4O2/c1-13(2)14-4-6-15(7-5-14)26-21(27)18-11-24-20(12-23-18)25-16-8-9-19(28-3)17(22)10-16/h4-13H,1-3H3,(H,24,25)(H,26,27). The molecule has 0 radical (unpaired) electrons. The van der Waals surface area contributed by atoms with Crippen LogP contribution in [-0.4, -0.2) is 23.0 Å². The number of amides is 1. The zero-order chi connectivity index (χ0) is 20.1. The summed E-state index contributed by atoms with van der Waals surface area (Å²) in [6.07, 6.45) is 2.92. The van der Waals surface area contributed by atoms with Gasteiger partial charge in [0, 0.05) is 11.4 Å². The van der Waals surface area contributed by atoms with E-state index in [2.05, 4.69) is 34.4 Å². The lowest BCUT2D eigenvalue weighted by molar-refractivity contribution is 0.102. The van der Waals surface area contributed by atoms with Crippen LogP contribution in [0.2, 0.25) is 5.02 Å². The first-order valence-electron chi connectivity index (χ1n) is 8.80. The molecule has 2 aromatic carbocycles. The van der Waals surface area contributed by atoms with Gasteiger partial charge in [-0.3, -0.25) is 4.79 Å². The third-order valence-electron chi connectivity index (χ3n) is 4.14. The Morgan fingerprint density at radius 3 is 2.32 bits per heavy atom. The van der Waals surface area contributed by atoms with Crippen molar-refractivity contribution in [2.45, 2.75) is 19.8 Å². The van der Waals surface area contributed by atoms with Gasteiger partial charge in [-0.05, 0) is 41.8 Å². The van der Waals surface area contributed by atoms with Crippen LogP contribution in [-0.2, 0) is 0 Å². The summed E-state index contributed by atoms with van der Waals surface area (Å²) in [4.78, 5) is 20.8. The van der Waals surface area contributed by atoms with Crippen molar-refractivity contribution in [1.29, 1.82) is 0 Å². The fraction of sp³-hybridized carbons (Fsp3) is 0.190. The van der Waals surface area contributed by atoms with E-state index >= 15 is 0 Å². The molecule has 0 aliphatic heterocycles. The van der Waals surface area contributed by atoms with Gasteiger partial charge < -0.3 is 15.4 Å². The number of halogens is 1. The second-order valence-corrected chi connectivity index (χ2v) is 6.90. The Hall–Kier alpha value is -3.12. The molecule has 0 bridgehead atoms. The van der Waals surface area contributed by atoms with Crippen LogP contribution >= 0.6 is 11.6 Å². The van der Waals surface area contributed by atoms with Crippen LogP contribution in [0.15, 0.2) is 54.9 Å². The quantitative estimate of drug-likeness (QED) is 0.594. The molecule has 0 atom stereocenters. The number of benzene rings is 2. The number of aromatic nitrogens is 2. The number of nitrogens with zero attached hydrogens (tertiary/aromatic N) is 2. The van der Waals surface area contributed by atoms with E-state index in [0.717, 1.165) is 5.69 Å². The van der Waals surface area contributed by atoms with E-state index in [0.29, 0.717) is 28.2 Å². The van der Waals surface area contributed by atoms with E-state index in [1.54, 1.807) is 19.2 Å². The molecule has 28 heavy (non-hydrogen) atoms. The third kappa shape index (κ3) is 4.78. The van der Waals surface area contributed by atoms with E-state index in [1.165, 1.54) is 18.0 Å². The first-order chi connectivity index (χ1) is 13.5. The van der Waals surface area contributed by atoms with Crippen molar-refractivity contribution in [3.63, 3.8) is 0 Å². The number of hydrogen-bond donors (Lipinski definition) is 2. The van der Waals surface area contributed by atoms with Crippen LogP contribution in [0.3, 0.4) is 0 Å². The van der Waals surface area contributed by atoms with Crippen LogP contribution in [0.25, 0.3) is 0 Å². The van der Waals surface area contributed by atoms with E-state index in [9.17, 15) is 4.79 Å². The molecule has 2 N–H and O–H groups in total. The number of ether oxygens (including phenoxy) is 1. The van der Waals surface area contributed by atoms with Gasteiger partial charge in [-0.1, -0.05) is 37.6 Å². The van der Waals surface area contributed by atoms with E-state index < -0.39 is 0 Å². The van der Waals surface area contributed by atoms with Crippen molar-refractivity contribution in [1.82, 2.24) is 9.97 Å². The van der Waals surface area contributed by atoms with Gasteiger partial charge in [0.05, 0.1) is 24.5 Å². The van der Waals surface area contributed by atoms with Crippen molar-refractivity contribution in [3.05, 3.63) is 71.1 Å². The molecule has 144 valence electrons. The second kappa shape index (κ2) is 8.71. The molecule has 6 nitrogen and oxygen atoms in total. The van der Waals surface area contributed by atoms with Gasteiger partial charge in [0.2, 0.25) is 0 Å². The molecule has 1 heterocycles. The number of carbonyl (C=O) groups is 1. The molecule has 7 heteroatoms. The highest BCUT2D eigenvalue weighted by atomic mass is 35.5. The summed E-state index contributed by atoms with van der Waals surface area (Å²) in [5.41, 5.74) is 2.90. The highest BCUT2D eigenvalue weighted by Gasteiger charge is 2.10. The summed E-state index contributed by atoms with van der Waals surface area (Å²) >= 11 is 6.11. The highest BCUT2D eigenvalue weighted by molar-refractivity contribution is 6.32. The molecular formula is C21H21ClN4O2. The molecule has 0 unspecified atom stereocenters. The first kappa shape index (κ1) is 19.6. The fourth-order valence-corrected chi connectivity index (χ4v) is 2.81. The lowest BCUT2D eigenvalue weighted by Gasteiger charge is -2.09. The van der Waals surface area contributed by atoms with Gasteiger partial charge in [0.15, 0.2) is 0 Å². The van der Waals surface area contributed by atoms with Gasteiger partial charge in [-0.2, -0.15) is 0 Å². The van der Waals surface area contributed by atoms with Crippen molar-refractivity contribution in [2.75, 3.05) is 17.7 Å². The number of rotatable bonds is 6. The molecule has 3 rings (SSSR count). The van der Waals surface area contributed by atoms with Crippen LogP contribution in [0.1, 0.15) is 35.8 Å². The van der Waals surface area contributed by atoms with Crippen LogP contribution in [0.4, 0.5) is 17.2 Å². The van der Waals surface area contributed by atoms with Crippen LogP contribution in [0.5, 0.6) is 5.75 Å². The van der Waals surface area contributed by atoms with Gasteiger partial charge in [-0.15, -0.1) is 0 Å². The number of methoxy groups -OCH3 is 1. The second-order valence-electron chi connectivity index (χ2n) is 6.49. The Morgan fingerprint density at radius 1 is 1.04 bits per heavy atom. The van der Waals surface area contributed by atoms with Gasteiger partial charge in [0.25, 0.3) is 5.91 Å². The predicted octanol–water partition coefficient (Wildman–Crippen LogP) is 5.26. The fourth-order valence-electron chi connectivity index (χ4n) is 2.55. The Balaban J connectivity index is 1.64. The van der Waals surface area contributed by atoms with Crippen LogP contribution < -0.4 is 15.4 Å². The van der Waals surface area contributed by atoms with E-state index in [-0.39, 0.29) is 11.6 Å². The predicted molar refractivity (Wildman–Crippen MR) is 112 cm³/mol. The van der Waals surface area contributed by atoms with Gasteiger partial charge >= 0.3 is 0 Å². The normalized spacial score (nSPS) is 10.6. The molecule has 0 spiro atoms. The summed E-state index contributed by atoms with van der Waals surface area (Å²) < 4.78 is 5.13. The molecule has 3 aromatic rings. The Labute approximate surface area is 168 Å². The number of carbonyl (C=O) groups excluding carboxylic acids is 1. The minimum absolute atomic E-state index is 0.228. The average molecular weight is 397 g/mol. The van der Waals surface area contributed by atoms with Crippen LogP contribution in [0, 0.1) is 0 Å². The van der Waals surface area contributed by atoms with E-state index in [4.69, 9.17) is 16.3 Å². The SMILES string of the molecule is COc1ccc(Nc2cnc(C(=O)Nc3ccc(C(C)C)cc3)cn2)cc1Cl. The molecule has 0 saturated heterocycles. The number of anilines is 3. The lowest BCUT2D eigenvalue weighted by Crippen LogP contribution is -2.14. The molecule has 1 amide bonds. The summed E-state index contributed by atoms with van der Waals surface area (Å²) in [5.74, 6) is 1.21. The Bertz CT molecular complexity index is 957. The summed E-state index contributed by atoms with van der Waals surface area (Å²) in [6, 6.07) is 13.0. The summed E-state index contributed by atoms with van der Waals surface area (Å²) in [7, 11) is 1.56. The van der Waals surface area contributed by atoms with Crippen molar-refractivity contribution in [2.24, 2.45) is 0 Å². The third-order valence-corrected chi connectivity index (χ3v) is 4.44. The maximum atomic E-state index is 12.4. The summed E-state index contributed by atoms with van der Waals surface area (Å²) in [6.45, 7) is 4.25. The molecule has 0 aliphatic carbocycles. The minimum atomic E-state index is -0.316. The average Bonchev–Trinajstić information content (AvgIpc) is 2.69. The molecule has 0 fully saturated rings. The number of hydrogen-bond acceptors (Lipinski definition) is 5. The molecule has 1 aromatic heterocycles. The molecule has 0 aliphatic rings. The highest BCUT2D eigenvalue weighted by Crippen LogP contribution is 2.28. The Kier molecular flexibility index (Phi) is 6.11. The van der Waals surface area contributed by atoms with Crippen molar-refractivity contribution < 1.29 is 9.53 Å². The van der Waals surface area contributed by atoms with Gasteiger partial charge in [0.1, 0.15) is 17.3 Å². The zero-order valence-corrected chi connectivity index (χ0v) is 16.6. The smallest absolute Gasteiger partial charge is 0.275 e. The lowest BCUT2D eigenvalue weighted by atomic mass is 10.0. The van der Waals surface area contributed by atoms with E-state index in [1.807, 2.05) is 30.3 Å². The maximum Gasteiger partial charge on any atom is 0.275 e. The zero-order valence-electron chi connectivity index (χ0n) is 15.9. The largest absolute Gasteiger partial charge is 0.495 e. The number of nitrogens with one attached hydrogen (secondary N) is 2. The maximum absolute atomic E-state index is 12.4. The van der Waals surface area contributed by atoms with Crippen molar-refractivity contribution in [3.8, 4) is 5.75 Å². The minimum Gasteiger partial charge on any atom is -0.495 e. The first-order valence-corrected chi connectivity index (χ1v) is 9.18. The monoisotopic (exact) mass is 396 g/mol. The van der Waals surface area contributed by atoms with Gasteiger partial charge in [-0.25, -0.2) is 9.97 Å². The molecule has 0 saturated carbocycles. The topological polar surface area (TPSA) is 76.1 Å². The summed E-state index contributed by atoms with van der Waals surface area (Å²) in [5, 5.41) is 6.39. The molecular weight excluding hydrogens is 376 g/mol. The van der Waals surface area contributed by atoms with Crippen molar-refractivity contribution >= 4 is 34.7 Å².